The number of hydrogen-bond acceptors (Lipinski definition) is 5. The molecule has 0 aliphatic carbocycles. The molecule has 174 valence electrons. The van der Waals surface area contributed by atoms with Crippen LogP contribution in [0.15, 0.2) is 48.5 Å². The van der Waals surface area contributed by atoms with Gasteiger partial charge in [-0.05, 0) is 55.5 Å². The number of piperidine rings is 1. The van der Waals surface area contributed by atoms with Crippen LogP contribution in [0, 0.1) is 5.92 Å². The average molecular weight is 460 g/mol. The fraction of sp³-hybridized carbons (Fsp3) is 0.458. The van der Waals surface area contributed by atoms with Crippen LogP contribution in [-0.2, 0) is 14.8 Å². The summed E-state index contributed by atoms with van der Waals surface area (Å²) in [5.41, 5.74) is 2.55. The van der Waals surface area contributed by atoms with E-state index in [4.69, 9.17) is 4.74 Å². The zero-order valence-electron chi connectivity index (χ0n) is 19.2. The number of benzene rings is 2. The fourth-order valence-corrected chi connectivity index (χ4v) is 4.91. The molecule has 2 aromatic carbocycles. The van der Waals surface area contributed by atoms with Crippen LogP contribution in [0.1, 0.15) is 38.3 Å². The minimum absolute atomic E-state index is 0.247. The van der Waals surface area contributed by atoms with Gasteiger partial charge in [-0.15, -0.1) is 0 Å². The molecule has 1 heterocycles. The molecule has 1 fully saturated rings. The van der Waals surface area contributed by atoms with Gasteiger partial charge in [-0.25, -0.2) is 8.42 Å². The maximum Gasteiger partial charge on any atom is 0.241 e. The lowest BCUT2D eigenvalue weighted by molar-refractivity contribution is -0.120. The SMILES string of the molecule is COc1cccc(N(CC(=O)NC(C)c2ccc(N3CCCC(C)C3)cc2)S(C)(=O)=O)c1. The van der Waals surface area contributed by atoms with Crippen LogP contribution in [0.25, 0.3) is 0 Å². The second-order valence-electron chi connectivity index (χ2n) is 8.55. The van der Waals surface area contributed by atoms with Gasteiger partial charge in [0.05, 0.1) is 25.1 Å². The van der Waals surface area contributed by atoms with Gasteiger partial charge in [0.25, 0.3) is 0 Å². The highest BCUT2D eigenvalue weighted by molar-refractivity contribution is 7.92. The largest absolute Gasteiger partial charge is 0.497 e. The predicted molar refractivity (Wildman–Crippen MR) is 129 cm³/mol. The van der Waals surface area contributed by atoms with Crippen LogP contribution in [0.3, 0.4) is 0 Å². The van der Waals surface area contributed by atoms with Gasteiger partial charge >= 0.3 is 0 Å². The standard InChI is InChI=1S/C24H33N3O4S/c1-18-7-6-14-26(16-18)21-12-10-20(11-13-21)19(2)25-24(28)17-27(32(4,29)30)22-8-5-9-23(15-22)31-3/h5,8-13,15,18-19H,6-7,14,16-17H2,1-4H3,(H,25,28). The molecular weight excluding hydrogens is 426 g/mol. The van der Waals surface area contributed by atoms with Crippen LogP contribution >= 0.6 is 0 Å². The molecule has 1 amide bonds. The molecule has 0 radical (unpaired) electrons. The Morgan fingerprint density at radius 3 is 2.59 bits per heavy atom. The molecule has 7 nitrogen and oxygen atoms in total. The summed E-state index contributed by atoms with van der Waals surface area (Å²) in [5, 5.41) is 2.91. The highest BCUT2D eigenvalue weighted by Gasteiger charge is 2.22. The monoisotopic (exact) mass is 459 g/mol. The molecule has 2 aromatic rings. The van der Waals surface area contributed by atoms with Gasteiger partial charge in [-0.2, -0.15) is 0 Å². The van der Waals surface area contributed by atoms with E-state index in [-0.39, 0.29) is 18.5 Å². The number of nitrogens with zero attached hydrogens (tertiary/aromatic N) is 2. The number of rotatable bonds is 8. The van der Waals surface area contributed by atoms with Crippen molar-refractivity contribution < 1.29 is 17.9 Å². The molecule has 1 N–H and O–H groups in total. The Kier molecular flexibility index (Phi) is 7.66. The number of methoxy groups -OCH3 is 1. The number of carbonyl (C=O) groups is 1. The van der Waals surface area contributed by atoms with Crippen LogP contribution < -0.4 is 19.3 Å². The number of carbonyl (C=O) groups excluding carboxylic acids is 1. The van der Waals surface area contributed by atoms with Crippen molar-refractivity contribution in [2.24, 2.45) is 5.92 Å². The summed E-state index contributed by atoms with van der Waals surface area (Å²) in [5.74, 6) is 0.844. The Morgan fingerprint density at radius 1 is 1.25 bits per heavy atom. The Bertz CT molecular complexity index is 1020. The summed E-state index contributed by atoms with van der Waals surface area (Å²) in [6.45, 7) is 6.01. The lowest BCUT2D eigenvalue weighted by atomic mass is 9.99. The lowest BCUT2D eigenvalue weighted by Crippen LogP contribution is -2.41. The van der Waals surface area contributed by atoms with Gasteiger partial charge in [0.1, 0.15) is 12.3 Å². The van der Waals surface area contributed by atoms with Gasteiger partial charge in [-0.1, -0.05) is 25.1 Å². The van der Waals surface area contributed by atoms with Crippen molar-refractivity contribution in [2.45, 2.75) is 32.7 Å². The molecule has 3 rings (SSSR count). The second-order valence-corrected chi connectivity index (χ2v) is 10.5. The molecule has 0 bridgehead atoms. The van der Waals surface area contributed by atoms with Crippen molar-refractivity contribution in [3.8, 4) is 5.75 Å². The lowest BCUT2D eigenvalue weighted by Gasteiger charge is -2.33. The first-order valence-corrected chi connectivity index (χ1v) is 12.8. The third kappa shape index (κ3) is 6.16. The van der Waals surface area contributed by atoms with Crippen molar-refractivity contribution in [2.75, 3.05) is 42.2 Å². The molecule has 32 heavy (non-hydrogen) atoms. The Balaban J connectivity index is 1.66. The first kappa shape index (κ1) is 23.9. The summed E-state index contributed by atoms with van der Waals surface area (Å²) in [6.07, 6.45) is 3.57. The summed E-state index contributed by atoms with van der Waals surface area (Å²) < 4.78 is 30.9. The number of ether oxygens (including phenoxy) is 1. The van der Waals surface area contributed by atoms with Crippen molar-refractivity contribution in [3.63, 3.8) is 0 Å². The summed E-state index contributed by atoms with van der Waals surface area (Å²) in [4.78, 5) is 15.1. The van der Waals surface area contributed by atoms with Crippen molar-refractivity contribution in [1.29, 1.82) is 0 Å². The molecule has 0 saturated carbocycles. The molecule has 2 unspecified atom stereocenters. The average Bonchev–Trinajstić information content (AvgIpc) is 2.77. The summed E-state index contributed by atoms with van der Waals surface area (Å²) in [6, 6.07) is 14.6. The van der Waals surface area contributed by atoms with Gasteiger partial charge < -0.3 is 15.0 Å². The Labute approximate surface area is 191 Å². The van der Waals surface area contributed by atoms with E-state index in [9.17, 15) is 13.2 Å². The molecule has 2 atom stereocenters. The van der Waals surface area contributed by atoms with Crippen LogP contribution in [0.4, 0.5) is 11.4 Å². The van der Waals surface area contributed by atoms with Gasteiger partial charge in [0, 0.05) is 24.8 Å². The highest BCUT2D eigenvalue weighted by Crippen LogP contribution is 2.25. The first-order chi connectivity index (χ1) is 15.2. The maximum atomic E-state index is 12.7. The highest BCUT2D eigenvalue weighted by atomic mass is 32.2. The number of sulfonamides is 1. The van der Waals surface area contributed by atoms with E-state index >= 15 is 0 Å². The minimum Gasteiger partial charge on any atom is -0.497 e. The number of nitrogens with one attached hydrogen (secondary N) is 1. The normalized spacial score (nSPS) is 17.5. The van der Waals surface area contributed by atoms with Gasteiger partial charge in [0.15, 0.2) is 0 Å². The number of amides is 1. The smallest absolute Gasteiger partial charge is 0.241 e. The van der Waals surface area contributed by atoms with E-state index < -0.39 is 10.0 Å². The van der Waals surface area contributed by atoms with E-state index in [1.54, 1.807) is 24.3 Å². The topological polar surface area (TPSA) is 79.0 Å². The van der Waals surface area contributed by atoms with E-state index in [0.717, 1.165) is 29.2 Å². The summed E-state index contributed by atoms with van der Waals surface area (Å²) >= 11 is 0. The molecule has 1 aliphatic rings. The number of hydrogen-bond donors (Lipinski definition) is 1. The van der Waals surface area contributed by atoms with Crippen molar-refractivity contribution in [3.05, 3.63) is 54.1 Å². The van der Waals surface area contributed by atoms with Gasteiger partial charge in [0.2, 0.25) is 15.9 Å². The third-order valence-corrected chi connectivity index (χ3v) is 6.96. The van der Waals surface area contributed by atoms with Crippen molar-refractivity contribution >= 4 is 27.3 Å². The van der Waals surface area contributed by atoms with E-state index in [0.29, 0.717) is 17.4 Å². The maximum absolute atomic E-state index is 12.7. The van der Waals surface area contributed by atoms with Gasteiger partial charge in [-0.3, -0.25) is 9.10 Å². The molecule has 1 aliphatic heterocycles. The fourth-order valence-electron chi connectivity index (χ4n) is 4.06. The molecular formula is C24H33N3O4S. The quantitative estimate of drug-likeness (QED) is 0.653. The van der Waals surface area contributed by atoms with E-state index in [1.807, 2.05) is 19.1 Å². The van der Waals surface area contributed by atoms with E-state index in [2.05, 4.69) is 29.3 Å². The summed E-state index contributed by atoms with van der Waals surface area (Å²) in [7, 11) is -2.14. The zero-order valence-corrected chi connectivity index (χ0v) is 20.1. The third-order valence-electron chi connectivity index (χ3n) is 5.82. The first-order valence-electron chi connectivity index (χ1n) is 10.9. The molecule has 0 spiro atoms. The molecule has 1 saturated heterocycles. The van der Waals surface area contributed by atoms with E-state index in [1.165, 1.54) is 25.6 Å². The van der Waals surface area contributed by atoms with Crippen LogP contribution in [0.2, 0.25) is 0 Å². The van der Waals surface area contributed by atoms with Crippen LogP contribution in [0.5, 0.6) is 5.75 Å². The number of anilines is 2. The van der Waals surface area contributed by atoms with Crippen molar-refractivity contribution in [1.82, 2.24) is 5.32 Å². The zero-order chi connectivity index (χ0) is 23.3. The second kappa shape index (κ2) is 10.3. The predicted octanol–water partition coefficient (Wildman–Crippen LogP) is 3.57. The molecule has 8 heteroatoms. The Hall–Kier alpha value is -2.74. The van der Waals surface area contributed by atoms with Crippen LogP contribution in [-0.4, -0.2) is 47.3 Å². The molecule has 0 aromatic heterocycles. The minimum atomic E-state index is -3.65. The Morgan fingerprint density at radius 2 is 1.97 bits per heavy atom.